The van der Waals surface area contributed by atoms with Gasteiger partial charge in [-0.25, -0.2) is 4.68 Å². The third-order valence-electron chi connectivity index (χ3n) is 2.35. The molecule has 0 aromatic carbocycles. The lowest BCUT2D eigenvalue weighted by Gasteiger charge is -2.10. The van der Waals surface area contributed by atoms with E-state index in [-0.39, 0.29) is 0 Å². The van der Waals surface area contributed by atoms with Crippen LogP contribution in [0.15, 0.2) is 0 Å². The summed E-state index contributed by atoms with van der Waals surface area (Å²) in [5, 5.41) is 4.31. The highest BCUT2D eigenvalue weighted by Crippen LogP contribution is 2.16. The van der Waals surface area contributed by atoms with Crippen molar-refractivity contribution in [3.63, 3.8) is 0 Å². The molecule has 4 nitrogen and oxygen atoms in total. The van der Waals surface area contributed by atoms with Gasteiger partial charge in [-0.05, 0) is 12.8 Å². The molecule has 0 atom stereocenters. The quantitative estimate of drug-likeness (QED) is 0.672. The maximum absolute atomic E-state index is 5.71. The summed E-state index contributed by atoms with van der Waals surface area (Å²) in [7, 11) is 1.88. The van der Waals surface area contributed by atoms with Gasteiger partial charge < -0.3 is 4.90 Å². The van der Waals surface area contributed by atoms with Gasteiger partial charge in [0, 0.05) is 20.1 Å². The number of hydrogen-bond donors (Lipinski definition) is 0. The van der Waals surface area contributed by atoms with E-state index in [1.807, 2.05) is 7.05 Å². The lowest BCUT2D eigenvalue weighted by atomic mass is 10.4. The van der Waals surface area contributed by atoms with Crippen molar-refractivity contribution in [1.29, 1.82) is 0 Å². The second kappa shape index (κ2) is 3.54. The van der Waals surface area contributed by atoms with Crippen molar-refractivity contribution in [3.05, 3.63) is 5.82 Å². The zero-order valence-electron chi connectivity index (χ0n) is 7.70. The summed E-state index contributed by atoms with van der Waals surface area (Å²) >= 11 is 5.71. The van der Waals surface area contributed by atoms with Gasteiger partial charge in [-0.15, -0.1) is 16.7 Å². The van der Waals surface area contributed by atoms with Crippen molar-refractivity contribution >= 4 is 17.5 Å². The molecule has 0 spiro atoms. The SMILES string of the molecule is Cn1nc(N2CCCC2)nc1CCl. The van der Waals surface area contributed by atoms with Crippen molar-refractivity contribution in [3.8, 4) is 0 Å². The third kappa shape index (κ3) is 1.63. The Kier molecular flexibility index (Phi) is 2.40. The molecular weight excluding hydrogens is 188 g/mol. The molecule has 5 heteroatoms. The summed E-state index contributed by atoms with van der Waals surface area (Å²) in [6.07, 6.45) is 2.49. The minimum absolute atomic E-state index is 0.428. The molecule has 0 bridgehead atoms. The van der Waals surface area contributed by atoms with Gasteiger partial charge >= 0.3 is 0 Å². The summed E-state index contributed by atoms with van der Waals surface area (Å²) in [6, 6.07) is 0. The van der Waals surface area contributed by atoms with Crippen LogP contribution in [-0.2, 0) is 12.9 Å². The zero-order valence-corrected chi connectivity index (χ0v) is 8.46. The molecule has 0 amide bonds. The number of anilines is 1. The molecule has 2 rings (SSSR count). The minimum Gasteiger partial charge on any atom is -0.340 e. The largest absolute Gasteiger partial charge is 0.340 e. The van der Waals surface area contributed by atoms with Gasteiger partial charge in [-0.3, -0.25) is 0 Å². The van der Waals surface area contributed by atoms with E-state index in [9.17, 15) is 0 Å². The predicted octanol–water partition coefficient (Wildman–Crippen LogP) is 1.15. The second-order valence-electron chi connectivity index (χ2n) is 3.28. The Morgan fingerprint density at radius 3 is 2.62 bits per heavy atom. The van der Waals surface area contributed by atoms with E-state index in [0.717, 1.165) is 24.9 Å². The standard InChI is InChI=1S/C8H13ClN4/c1-12-7(6-9)10-8(11-12)13-4-2-3-5-13/h2-6H2,1H3. The zero-order chi connectivity index (χ0) is 9.26. The van der Waals surface area contributed by atoms with Gasteiger partial charge in [0.25, 0.3) is 0 Å². The van der Waals surface area contributed by atoms with Crippen LogP contribution in [0.2, 0.25) is 0 Å². The first-order valence-corrected chi connectivity index (χ1v) is 5.05. The number of rotatable bonds is 2. The van der Waals surface area contributed by atoms with E-state index in [1.54, 1.807) is 4.68 Å². The molecule has 0 aliphatic carbocycles. The Hall–Kier alpha value is -0.770. The summed E-state index contributed by atoms with van der Waals surface area (Å²) in [5.41, 5.74) is 0. The molecule has 1 aromatic heterocycles. The van der Waals surface area contributed by atoms with E-state index in [4.69, 9.17) is 11.6 Å². The van der Waals surface area contributed by atoms with Crippen molar-refractivity contribution in [1.82, 2.24) is 14.8 Å². The lowest BCUT2D eigenvalue weighted by Crippen LogP contribution is -2.19. The molecular formula is C8H13ClN4. The number of aromatic nitrogens is 3. The van der Waals surface area contributed by atoms with Gasteiger partial charge in [0.1, 0.15) is 5.82 Å². The molecule has 0 radical (unpaired) electrons. The van der Waals surface area contributed by atoms with E-state index in [1.165, 1.54) is 12.8 Å². The molecule has 2 heterocycles. The molecule has 1 aliphatic rings. The van der Waals surface area contributed by atoms with Crippen LogP contribution in [0, 0.1) is 0 Å². The molecule has 1 aromatic rings. The van der Waals surface area contributed by atoms with Crippen molar-refractivity contribution < 1.29 is 0 Å². The van der Waals surface area contributed by atoms with E-state index >= 15 is 0 Å². The molecule has 72 valence electrons. The highest BCUT2D eigenvalue weighted by atomic mass is 35.5. The van der Waals surface area contributed by atoms with Gasteiger partial charge in [0.15, 0.2) is 0 Å². The third-order valence-corrected chi connectivity index (χ3v) is 2.59. The van der Waals surface area contributed by atoms with Crippen LogP contribution in [0.3, 0.4) is 0 Å². The number of aryl methyl sites for hydroxylation is 1. The van der Waals surface area contributed by atoms with E-state index in [0.29, 0.717) is 5.88 Å². The molecule has 1 fully saturated rings. The first kappa shape index (κ1) is 8.81. The normalized spacial score (nSPS) is 16.9. The maximum atomic E-state index is 5.71. The molecule has 1 saturated heterocycles. The van der Waals surface area contributed by atoms with Gasteiger partial charge in [0.05, 0.1) is 5.88 Å². The van der Waals surface area contributed by atoms with Crippen LogP contribution in [0.4, 0.5) is 5.95 Å². The van der Waals surface area contributed by atoms with Crippen molar-refractivity contribution in [2.24, 2.45) is 7.05 Å². The van der Waals surface area contributed by atoms with Crippen LogP contribution in [0.5, 0.6) is 0 Å². The Labute approximate surface area is 82.5 Å². The Morgan fingerprint density at radius 1 is 1.38 bits per heavy atom. The summed E-state index contributed by atoms with van der Waals surface area (Å²) in [6.45, 7) is 2.15. The monoisotopic (exact) mass is 200 g/mol. The number of hydrogen-bond acceptors (Lipinski definition) is 3. The number of alkyl halides is 1. The van der Waals surface area contributed by atoms with Crippen molar-refractivity contribution in [2.45, 2.75) is 18.7 Å². The van der Waals surface area contributed by atoms with Crippen LogP contribution < -0.4 is 4.90 Å². The molecule has 1 aliphatic heterocycles. The number of halogens is 1. The second-order valence-corrected chi connectivity index (χ2v) is 3.55. The first-order chi connectivity index (χ1) is 6.31. The average Bonchev–Trinajstić information content (AvgIpc) is 2.71. The predicted molar refractivity (Wildman–Crippen MR) is 52.0 cm³/mol. The average molecular weight is 201 g/mol. The fourth-order valence-electron chi connectivity index (χ4n) is 1.57. The summed E-state index contributed by atoms with van der Waals surface area (Å²) < 4.78 is 1.75. The van der Waals surface area contributed by atoms with Crippen molar-refractivity contribution in [2.75, 3.05) is 18.0 Å². The molecule has 13 heavy (non-hydrogen) atoms. The van der Waals surface area contributed by atoms with Gasteiger partial charge in [0.2, 0.25) is 5.95 Å². The van der Waals surface area contributed by atoms with Gasteiger partial charge in [-0.1, -0.05) is 0 Å². The molecule has 0 saturated carbocycles. The van der Waals surface area contributed by atoms with E-state index in [2.05, 4.69) is 15.0 Å². The Morgan fingerprint density at radius 2 is 2.08 bits per heavy atom. The molecule has 0 N–H and O–H groups in total. The fourth-order valence-corrected chi connectivity index (χ4v) is 1.80. The highest BCUT2D eigenvalue weighted by Gasteiger charge is 2.17. The molecule has 0 unspecified atom stereocenters. The Balaban J connectivity index is 2.20. The van der Waals surface area contributed by atoms with Gasteiger partial charge in [-0.2, -0.15) is 4.98 Å². The topological polar surface area (TPSA) is 34.0 Å². The fraction of sp³-hybridized carbons (Fsp3) is 0.750. The van der Waals surface area contributed by atoms with Crippen LogP contribution >= 0.6 is 11.6 Å². The smallest absolute Gasteiger partial charge is 0.244 e. The first-order valence-electron chi connectivity index (χ1n) is 4.52. The summed E-state index contributed by atoms with van der Waals surface area (Å²) in [4.78, 5) is 6.56. The highest BCUT2D eigenvalue weighted by molar-refractivity contribution is 6.16. The van der Waals surface area contributed by atoms with Crippen LogP contribution in [0.25, 0.3) is 0 Å². The van der Waals surface area contributed by atoms with Crippen LogP contribution in [0.1, 0.15) is 18.7 Å². The Bertz CT molecular complexity index is 290. The number of nitrogens with zero attached hydrogens (tertiary/aromatic N) is 4. The van der Waals surface area contributed by atoms with Crippen LogP contribution in [-0.4, -0.2) is 27.9 Å². The lowest BCUT2D eigenvalue weighted by molar-refractivity contribution is 0.723. The summed E-state index contributed by atoms with van der Waals surface area (Å²) in [5.74, 6) is 2.09. The minimum atomic E-state index is 0.428. The maximum Gasteiger partial charge on any atom is 0.244 e. The van der Waals surface area contributed by atoms with E-state index < -0.39 is 0 Å².